The van der Waals surface area contributed by atoms with Crippen molar-refractivity contribution >= 4 is 0 Å². The van der Waals surface area contributed by atoms with Crippen LogP contribution in [-0.4, -0.2) is 43.2 Å². The fourth-order valence-corrected chi connectivity index (χ4v) is 3.01. The van der Waals surface area contributed by atoms with Crippen LogP contribution in [0.1, 0.15) is 29.6 Å². The highest BCUT2D eigenvalue weighted by Gasteiger charge is 2.35. The third-order valence-corrected chi connectivity index (χ3v) is 4.01. The van der Waals surface area contributed by atoms with Gasteiger partial charge in [0.1, 0.15) is 11.6 Å². The predicted molar refractivity (Wildman–Crippen MR) is 76.5 cm³/mol. The number of hydrogen-bond acceptors (Lipinski definition) is 4. The number of aromatic nitrogens is 5. The second-order valence-corrected chi connectivity index (χ2v) is 6.13. The minimum atomic E-state index is -4.37. The molecular formula is C14H19F3N6. The van der Waals surface area contributed by atoms with Crippen LogP contribution in [0.2, 0.25) is 0 Å². The average Bonchev–Trinajstić information content (AvgIpc) is 3.04. The predicted octanol–water partition coefficient (Wildman–Crippen LogP) is 2.02. The van der Waals surface area contributed by atoms with Gasteiger partial charge in [-0.1, -0.05) is 0 Å². The molecule has 3 rings (SSSR count). The summed E-state index contributed by atoms with van der Waals surface area (Å²) in [5, 5.41) is 6.90. The highest BCUT2D eigenvalue weighted by Crippen LogP contribution is 2.30. The molecule has 1 aliphatic heterocycles. The number of aromatic amines is 1. The van der Waals surface area contributed by atoms with Gasteiger partial charge in [0.15, 0.2) is 11.5 Å². The number of hydrogen-bond donors (Lipinski definition) is 1. The molecule has 0 saturated heterocycles. The van der Waals surface area contributed by atoms with Crippen LogP contribution in [0.25, 0.3) is 0 Å². The van der Waals surface area contributed by atoms with E-state index in [4.69, 9.17) is 0 Å². The number of halogens is 3. The summed E-state index contributed by atoms with van der Waals surface area (Å²) in [7, 11) is 1.97. The molecule has 2 aromatic rings. The Kier molecular flexibility index (Phi) is 4.13. The Hall–Kier alpha value is -1.90. The van der Waals surface area contributed by atoms with E-state index in [1.807, 2.05) is 14.0 Å². The van der Waals surface area contributed by atoms with Gasteiger partial charge in [0.25, 0.3) is 0 Å². The third-order valence-electron chi connectivity index (χ3n) is 4.01. The molecule has 0 amide bonds. The number of aryl methyl sites for hydroxylation is 2. The first-order valence-electron chi connectivity index (χ1n) is 7.51. The van der Waals surface area contributed by atoms with Crippen molar-refractivity contribution < 1.29 is 13.2 Å². The van der Waals surface area contributed by atoms with Crippen molar-refractivity contribution in [2.45, 2.75) is 39.0 Å². The molecule has 1 atom stereocenters. The maximum atomic E-state index is 12.7. The second-order valence-electron chi connectivity index (χ2n) is 6.13. The fraction of sp³-hybridized carbons (Fsp3) is 0.643. The van der Waals surface area contributed by atoms with Crippen LogP contribution in [0.4, 0.5) is 13.2 Å². The summed E-state index contributed by atoms with van der Waals surface area (Å²) < 4.78 is 39.8. The summed E-state index contributed by atoms with van der Waals surface area (Å²) in [5.74, 6) is 2.32. The maximum Gasteiger partial charge on any atom is 0.434 e. The standard InChI is InChI=1S/C14H19F3N6/c1-9-18-12(21-20-9)8-22(2)5-10-3-4-13-19-11(14(15,16)17)7-23(13)6-10/h7,10H,3-6,8H2,1-2H3,(H,18,20,21). The molecule has 23 heavy (non-hydrogen) atoms. The van der Waals surface area contributed by atoms with Gasteiger partial charge in [0.2, 0.25) is 0 Å². The summed E-state index contributed by atoms with van der Waals surface area (Å²) >= 11 is 0. The number of H-pyrrole nitrogens is 1. The lowest BCUT2D eigenvalue weighted by Crippen LogP contribution is -2.31. The Bertz CT molecular complexity index is 674. The van der Waals surface area contributed by atoms with E-state index in [-0.39, 0.29) is 0 Å². The van der Waals surface area contributed by atoms with Crippen molar-refractivity contribution in [3.63, 3.8) is 0 Å². The van der Waals surface area contributed by atoms with E-state index in [0.717, 1.165) is 30.8 Å². The van der Waals surface area contributed by atoms with E-state index < -0.39 is 11.9 Å². The van der Waals surface area contributed by atoms with Crippen molar-refractivity contribution in [1.82, 2.24) is 29.6 Å². The van der Waals surface area contributed by atoms with Gasteiger partial charge in [-0.05, 0) is 26.3 Å². The van der Waals surface area contributed by atoms with Gasteiger partial charge in [-0.25, -0.2) is 9.97 Å². The summed E-state index contributed by atoms with van der Waals surface area (Å²) in [6.07, 6.45) is -1.83. The summed E-state index contributed by atoms with van der Waals surface area (Å²) in [5.41, 5.74) is -0.794. The largest absolute Gasteiger partial charge is 0.434 e. The molecule has 6 nitrogen and oxygen atoms in total. The SMILES string of the molecule is Cc1nc(CN(C)CC2CCc3nc(C(F)(F)F)cn3C2)n[nH]1. The Morgan fingerprint density at radius 2 is 2.17 bits per heavy atom. The monoisotopic (exact) mass is 328 g/mol. The van der Waals surface area contributed by atoms with Crippen LogP contribution in [0.5, 0.6) is 0 Å². The number of imidazole rings is 1. The molecule has 0 bridgehead atoms. The first kappa shape index (κ1) is 16.0. The molecule has 9 heteroatoms. The number of fused-ring (bicyclic) bond motifs is 1. The lowest BCUT2D eigenvalue weighted by atomic mass is 9.99. The molecule has 1 unspecified atom stereocenters. The van der Waals surface area contributed by atoms with Crippen LogP contribution in [0, 0.1) is 12.8 Å². The molecule has 0 spiro atoms. The minimum Gasteiger partial charge on any atom is -0.334 e. The van der Waals surface area contributed by atoms with E-state index in [1.54, 1.807) is 4.57 Å². The van der Waals surface area contributed by atoms with Crippen molar-refractivity contribution in [3.05, 3.63) is 29.4 Å². The molecule has 1 N–H and O–H groups in total. The zero-order chi connectivity index (χ0) is 16.6. The van der Waals surface area contributed by atoms with E-state index in [1.165, 1.54) is 0 Å². The van der Waals surface area contributed by atoms with Crippen LogP contribution >= 0.6 is 0 Å². The quantitative estimate of drug-likeness (QED) is 0.933. The smallest absolute Gasteiger partial charge is 0.334 e. The van der Waals surface area contributed by atoms with Crippen molar-refractivity contribution in [2.24, 2.45) is 5.92 Å². The Morgan fingerprint density at radius 1 is 1.39 bits per heavy atom. The summed E-state index contributed by atoms with van der Waals surface area (Å²) in [6, 6.07) is 0. The highest BCUT2D eigenvalue weighted by molar-refractivity contribution is 5.10. The molecule has 1 aliphatic rings. The third kappa shape index (κ3) is 3.72. The summed E-state index contributed by atoms with van der Waals surface area (Å²) in [6.45, 7) is 3.81. The molecule has 0 aliphatic carbocycles. The van der Waals surface area contributed by atoms with Crippen LogP contribution in [-0.2, 0) is 25.7 Å². The van der Waals surface area contributed by atoms with Crippen LogP contribution < -0.4 is 0 Å². The Balaban J connectivity index is 1.59. The van der Waals surface area contributed by atoms with Gasteiger partial charge >= 0.3 is 6.18 Å². The zero-order valence-corrected chi connectivity index (χ0v) is 13.1. The van der Waals surface area contributed by atoms with Gasteiger partial charge in [-0.15, -0.1) is 0 Å². The number of nitrogens with zero attached hydrogens (tertiary/aromatic N) is 5. The van der Waals surface area contributed by atoms with Gasteiger partial charge in [-0.3, -0.25) is 10.00 Å². The van der Waals surface area contributed by atoms with Crippen LogP contribution in [0.3, 0.4) is 0 Å². The van der Waals surface area contributed by atoms with Gasteiger partial charge in [0, 0.05) is 25.7 Å². The minimum absolute atomic E-state index is 0.294. The first-order chi connectivity index (χ1) is 10.8. The molecule has 126 valence electrons. The molecule has 2 aromatic heterocycles. The molecule has 3 heterocycles. The fourth-order valence-electron chi connectivity index (χ4n) is 3.01. The maximum absolute atomic E-state index is 12.7. The molecular weight excluding hydrogens is 309 g/mol. The van der Waals surface area contributed by atoms with Crippen molar-refractivity contribution in [3.8, 4) is 0 Å². The molecule has 0 fully saturated rings. The van der Waals surface area contributed by atoms with Gasteiger partial charge < -0.3 is 4.57 Å². The Morgan fingerprint density at radius 3 is 2.83 bits per heavy atom. The van der Waals surface area contributed by atoms with E-state index in [2.05, 4.69) is 25.1 Å². The molecule has 0 radical (unpaired) electrons. The number of rotatable bonds is 4. The van der Waals surface area contributed by atoms with Crippen molar-refractivity contribution in [1.29, 1.82) is 0 Å². The van der Waals surface area contributed by atoms with Crippen LogP contribution in [0.15, 0.2) is 6.20 Å². The summed E-state index contributed by atoms with van der Waals surface area (Å²) in [4.78, 5) is 10.1. The number of alkyl halides is 3. The first-order valence-corrected chi connectivity index (χ1v) is 7.51. The van der Waals surface area contributed by atoms with Crippen molar-refractivity contribution in [2.75, 3.05) is 13.6 Å². The average molecular weight is 328 g/mol. The topological polar surface area (TPSA) is 62.6 Å². The molecule has 0 aromatic carbocycles. The normalized spacial score (nSPS) is 18.4. The van der Waals surface area contributed by atoms with E-state index in [9.17, 15) is 13.2 Å². The zero-order valence-electron chi connectivity index (χ0n) is 13.1. The lowest BCUT2D eigenvalue weighted by molar-refractivity contribution is -0.141. The highest BCUT2D eigenvalue weighted by atomic mass is 19.4. The number of nitrogens with one attached hydrogen (secondary N) is 1. The van der Waals surface area contributed by atoms with E-state index in [0.29, 0.717) is 31.3 Å². The second kappa shape index (κ2) is 5.95. The Labute approximate surface area is 131 Å². The molecule has 0 saturated carbocycles. The van der Waals surface area contributed by atoms with Gasteiger partial charge in [0.05, 0.1) is 6.54 Å². The van der Waals surface area contributed by atoms with E-state index >= 15 is 0 Å². The van der Waals surface area contributed by atoms with Gasteiger partial charge in [-0.2, -0.15) is 18.3 Å². The lowest BCUT2D eigenvalue weighted by Gasteiger charge is -2.27.